The molecule has 1 aromatic rings. The number of halogens is 2. The molecule has 1 atom stereocenters. The Balaban J connectivity index is 1.34. The molecule has 10 heteroatoms. The van der Waals surface area contributed by atoms with Gasteiger partial charge in [-0.25, -0.2) is 22.0 Å². The van der Waals surface area contributed by atoms with Crippen LogP contribution in [0.1, 0.15) is 32.1 Å². The summed E-state index contributed by atoms with van der Waals surface area (Å²) in [5.41, 5.74) is 0.302. The summed E-state index contributed by atoms with van der Waals surface area (Å²) in [6.07, 6.45) is 4.99. The first-order valence-corrected chi connectivity index (χ1v) is 12.9. The van der Waals surface area contributed by atoms with E-state index in [1.54, 1.807) is 4.31 Å². The lowest BCUT2D eigenvalue weighted by Crippen LogP contribution is -2.47. The van der Waals surface area contributed by atoms with E-state index in [0.29, 0.717) is 30.6 Å². The van der Waals surface area contributed by atoms with Gasteiger partial charge < -0.3 is 0 Å². The molecule has 0 radical (unpaired) electrons. The van der Waals surface area contributed by atoms with Crippen LogP contribution in [0.25, 0.3) is 0 Å². The van der Waals surface area contributed by atoms with Gasteiger partial charge in [0, 0.05) is 13.1 Å². The molecule has 3 fully saturated rings. The molecule has 0 N–H and O–H groups in total. The maximum Gasteiger partial charge on any atom is 0.251 e. The minimum Gasteiger partial charge on any atom is -0.292 e. The van der Waals surface area contributed by atoms with Crippen LogP contribution in [0, 0.1) is 17.7 Å². The Hall–Kier alpha value is -1.55. The molecule has 1 unspecified atom stereocenters. The van der Waals surface area contributed by atoms with Crippen molar-refractivity contribution >= 4 is 39.1 Å². The third-order valence-electron chi connectivity index (χ3n) is 6.93. The molecule has 0 bridgehead atoms. The average molecular weight is 472 g/mol. The van der Waals surface area contributed by atoms with Gasteiger partial charge in [-0.2, -0.15) is 0 Å². The first-order valence-electron chi connectivity index (χ1n) is 10.7. The van der Waals surface area contributed by atoms with E-state index in [1.807, 2.05) is 0 Å². The predicted octanol–water partition coefficient (Wildman–Crippen LogP) is 2.49. The van der Waals surface area contributed by atoms with Gasteiger partial charge in [-0.15, -0.1) is 0 Å². The van der Waals surface area contributed by atoms with E-state index in [-0.39, 0.29) is 23.3 Å². The van der Waals surface area contributed by atoms with Gasteiger partial charge in [-0.3, -0.25) is 14.5 Å². The molecule has 170 valence electrons. The number of carbonyl (C=O) groups is 2. The van der Waals surface area contributed by atoms with Crippen LogP contribution in [0.4, 0.5) is 10.1 Å². The van der Waals surface area contributed by atoms with Gasteiger partial charge in [0.15, 0.2) is 0 Å². The molecule has 3 saturated heterocycles. The third-order valence-corrected chi connectivity index (χ3v) is 8.53. The smallest absolute Gasteiger partial charge is 0.251 e. The number of anilines is 1. The fraction of sp³-hybridized carbons (Fsp3) is 0.619. The number of hydrogen-bond acceptors (Lipinski definition) is 5. The van der Waals surface area contributed by atoms with E-state index >= 15 is 0 Å². The standard InChI is InChI=1S/C21H27ClFN3O4S/c1-31(29,30)25-10-6-15(7-11-25)14-4-8-24(9-5-14)19-13-20(27)26(21(19)28)16-2-3-18(23)17(22)12-16/h2-3,12,14-15,19H,4-11,13H2,1H3. The topological polar surface area (TPSA) is 78.0 Å². The number of rotatable bonds is 4. The Labute approximate surface area is 187 Å². The molecule has 0 aromatic heterocycles. The van der Waals surface area contributed by atoms with E-state index in [0.717, 1.165) is 49.7 Å². The van der Waals surface area contributed by atoms with Crippen LogP contribution >= 0.6 is 11.6 Å². The van der Waals surface area contributed by atoms with Crippen molar-refractivity contribution in [1.29, 1.82) is 0 Å². The van der Waals surface area contributed by atoms with Crippen molar-refractivity contribution in [2.45, 2.75) is 38.1 Å². The summed E-state index contributed by atoms with van der Waals surface area (Å²) in [6, 6.07) is 3.37. The van der Waals surface area contributed by atoms with E-state index in [9.17, 15) is 22.4 Å². The van der Waals surface area contributed by atoms with Crippen LogP contribution in [0.5, 0.6) is 0 Å². The zero-order valence-corrected chi connectivity index (χ0v) is 19.0. The minimum atomic E-state index is -3.12. The second-order valence-electron chi connectivity index (χ2n) is 8.76. The van der Waals surface area contributed by atoms with E-state index in [2.05, 4.69) is 4.90 Å². The molecule has 0 aliphatic carbocycles. The van der Waals surface area contributed by atoms with Crippen LogP contribution < -0.4 is 4.90 Å². The lowest BCUT2D eigenvalue weighted by molar-refractivity contribution is -0.123. The minimum absolute atomic E-state index is 0.116. The predicted molar refractivity (Wildman–Crippen MR) is 116 cm³/mol. The highest BCUT2D eigenvalue weighted by molar-refractivity contribution is 7.88. The Kier molecular flexibility index (Phi) is 6.40. The number of likely N-dealkylation sites (tertiary alicyclic amines) is 1. The largest absolute Gasteiger partial charge is 0.292 e. The highest BCUT2D eigenvalue weighted by atomic mass is 35.5. The van der Waals surface area contributed by atoms with Crippen molar-refractivity contribution in [2.75, 3.05) is 37.3 Å². The van der Waals surface area contributed by atoms with Crippen molar-refractivity contribution in [2.24, 2.45) is 11.8 Å². The lowest BCUT2D eigenvalue weighted by atomic mass is 9.79. The summed E-state index contributed by atoms with van der Waals surface area (Å²) in [7, 11) is -3.12. The number of amides is 2. The van der Waals surface area contributed by atoms with Gasteiger partial charge in [0.2, 0.25) is 15.9 Å². The third kappa shape index (κ3) is 4.65. The second-order valence-corrected chi connectivity index (χ2v) is 11.1. The Morgan fingerprint density at radius 2 is 1.58 bits per heavy atom. The normalized spacial score (nSPS) is 25.5. The summed E-state index contributed by atoms with van der Waals surface area (Å²) in [6.45, 7) is 2.63. The van der Waals surface area contributed by atoms with Crippen LogP contribution in [0.2, 0.25) is 5.02 Å². The number of hydrogen-bond donors (Lipinski definition) is 0. The molecule has 3 heterocycles. The summed E-state index contributed by atoms with van der Waals surface area (Å²) >= 11 is 5.83. The van der Waals surface area contributed by atoms with E-state index in [4.69, 9.17) is 11.6 Å². The first kappa shape index (κ1) is 22.6. The maximum atomic E-state index is 13.5. The van der Waals surface area contributed by atoms with E-state index < -0.39 is 21.9 Å². The van der Waals surface area contributed by atoms with Crippen molar-refractivity contribution < 1.29 is 22.4 Å². The molecule has 4 rings (SSSR count). The van der Waals surface area contributed by atoms with Crippen LogP contribution in [0.3, 0.4) is 0 Å². The quantitative estimate of drug-likeness (QED) is 0.630. The molecule has 31 heavy (non-hydrogen) atoms. The summed E-state index contributed by atoms with van der Waals surface area (Å²) < 4.78 is 38.4. The number of piperidine rings is 2. The van der Waals surface area contributed by atoms with Crippen molar-refractivity contribution in [3.05, 3.63) is 29.0 Å². The van der Waals surface area contributed by atoms with Crippen LogP contribution in [-0.2, 0) is 19.6 Å². The average Bonchev–Trinajstić information content (AvgIpc) is 3.04. The molecule has 7 nitrogen and oxygen atoms in total. The van der Waals surface area contributed by atoms with Gasteiger partial charge >= 0.3 is 0 Å². The summed E-state index contributed by atoms with van der Waals surface area (Å²) in [4.78, 5) is 28.7. The summed E-state index contributed by atoms with van der Waals surface area (Å²) in [5.74, 6) is -0.165. The molecular formula is C21H27ClFN3O4S. The van der Waals surface area contributed by atoms with Gasteiger partial charge in [0.25, 0.3) is 5.91 Å². The molecule has 0 spiro atoms. The van der Waals surface area contributed by atoms with E-state index in [1.165, 1.54) is 18.4 Å². The van der Waals surface area contributed by atoms with Crippen molar-refractivity contribution in [3.8, 4) is 0 Å². The van der Waals surface area contributed by atoms with Crippen LogP contribution in [-0.4, -0.2) is 67.9 Å². The van der Waals surface area contributed by atoms with Gasteiger partial charge in [0.1, 0.15) is 5.82 Å². The first-order chi connectivity index (χ1) is 14.6. The number of nitrogens with zero attached hydrogens (tertiary/aromatic N) is 3. The molecule has 0 saturated carbocycles. The van der Waals surface area contributed by atoms with Crippen molar-refractivity contribution in [1.82, 2.24) is 9.21 Å². The highest BCUT2D eigenvalue weighted by Gasteiger charge is 2.44. The Morgan fingerprint density at radius 1 is 1.00 bits per heavy atom. The monoisotopic (exact) mass is 471 g/mol. The highest BCUT2D eigenvalue weighted by Crippen LogP contribution is 2.35. The molecular weight excluding hydrogens is 445 g/mol. The number of imide groups is 1. The van der Waals surface area contributed by atoms with Gasteiger partial charge in [-0.05, 0) is 68.8 Å². The van der Waals surface area contributed by atoms with Crippen LogP contribution in [0.15, 0.2) is 18.2 Å². The number of sulfonamides is 1. The lowest BCUT2D eigenvalue weighted by Gasteiger charge is -2.40. The molecule has 1 aromatic carbocycles. The van der Waals surface area contributed by atoms with Gasteiger partial charge in [-0.1, -0.05) is 11.6 Å². The molecule has 3 aliphatic rings. The van der Waals surface area contributed by atoms with Crippen molar-refractivity contribution in [3.63, 3.8) is 0 Å². The summed E-state index contributed by atoms with van der Waals surface area (Å²) in [5, 5.41) is -0.121. The maximum absolute atomic E-state index is 13.5. The molecule has 2 amide bonds. The SMILES string of the molecule is CS(=O)(=O)N1CCC(C2CCN(C3CC(=O)N(c4ccc(F)c(Cl)c4)C3=O)CC2)CC1. The van der Waals surface area contributed by atoms with Gasteiger partial charge in [0.05, 0.1) is 29.4 Å². The zero-order valence-electron chi connectivity index (χ0n) is 17.5. The second kappa shape index (κ2) is 8.77. The number of carbonyl (C=O) groups excluding carboxylic acids is 2. The number of benzene rings is 1. The molecule has 3 aliphatic heterocycles. The fourth-order valence-corrected chi connectivity index (χ4v) is 6.23. The zero-order chi connectivity index (χ0) is 22.3. The Bertz CT molecular complexity index is 973. The Morgan fingerprint density at radius 3 is 2.13 bits per heavy atom. The fourth-order valence-electron chi connectivity index (χ4n) is 5.18.